The van der Waals surface area contributed by atoms with E-state index >= 15 is 0 Å². The number of aliphatic hydroxyl groups is 1. The molecule has 4 nitrogen and oxygen atoms in total. The molecule has 4 aromatic rings. The summed E-state index contributed by atoms with van der Waals surface area (Å²) in [7, 11) is 0. The van der Waals surface area contributed by atoms with E-state index in [4.69, 9.17) is 16.6 Å². The fraction of sp³-hybridized carbons (Fsp3) is 0.241. The van der Waals surface area contributed by atoms with Gasteiger partial charge in [-0.15, -0.1) is 11.8 Å². The third kappa shape index (κ3) is 4.73. The minimum Gasteiger partial charge on any atom is -0.388 e. The van der Waals surface area contributed by atoms with E-state index < -0.39 is 11.5 Å². The number of benzene rings is 3. The Morgan fingerprint density at radius 2 is 1.89 bits per heavy atom. The summed E-state index contributed by atoms with van der Waals surface area (Å²) in [4.78, 5) is 22.2. The number of aromatic nitrogens is 1. The van der Waals surface area contributed by atoms with Crippen molar-refractivity contribution in [3.63, 3.8) is 0 Å². The number of pyridine rings is 1. The molecule has 1 aliphatic heterocycles. The minimum absolute atomic E-state index is 0.238. The van der Waals surface area contributed by atoms with Crippen LogP contribution in [0.1, 0.15) is 41.0 Å². The molecule has 7 heteroatoms. The first-order chi connectivity index (χ1) is 17.3. The number of hydrogen-bond acceptors (Lipinski definition) is 4. The number of thioether (sulfide) groups is 1. The summed E-state index contributed by atoms with van der Waals surface area (Å²) in [6.45, 7) is 2.24. The second-order valence-electron chi connectivity index (χ2n) is 9.31. The number of nitrogens with one attached hydrogen (secondary N) is 1. The number of hydrogen-bond donors (Lipinski definition) is 2. The van der Waals surface area contributed by atoms with E-state index in [1.54, 1.807) is 30.0 Å². The van der Waals surface area contributed by atoms with Gasteiger partial charge in [-0.25, -0.2) is 4.39 Å². The summed E-state index contributed by atoms with van der Waals surface area (Å²) >= 11 is 7.88. The van der Waals surface area contributed by atoms with Crippen LogP contribution >= 0.6 is 23.4 Å². The maximum absolute atomic E-state index is 13.8. The molecular weight excluding hydrogens is 495 g/mol. The van der Waals surface area contributed by atoms with Gasteiger partial charge in [0.1, 0.15) is 5.82 Å². The largest absolute Gasteiger partial charge is 0.388 e. The lowest BCUT2D eigenvalue weighted by atomic mass is 9.71. The Morgan fingerprint density at radius 1 is 1.11 bits per heavy atom. The van der Waals surface area contributed by atoms with Gasteiger partial charge in [0.15, 0.2) is 0 Å². The minimum atomic E-state index is -1.28. The number of aryl methyl sites for hydroxylation is 1. The molecule has 184 valence electrons. The van der Waals surface area contributed by atoms with Crippen LogP contribution in [0.15, 0.2) is 81.4 Å². The van der Waals surface area contributed by atoms with Crippen molar-refractivity contribution in [1.29, 1.82) is 0 Å². The normalized spacial score (nSPS) is 18.8. The molecule has 0 saturated heterocycles. The zero-order valence-electron chi connectivity index (χ0n) is 20.0. The quantitative estimate of drug-likeness (QED) is 0.295. The Hall–Kier alpha value is -2.93. The van der Waals surface area contributed by atoms with Crippen LogP contribution in [-0.2, 0) is 0 Å². The molecule has 1 aromatic heterocycles. The predicted molar refractivity (Wildman–Crippen MR) is 146 cm³/mol. The fourth-order valence-corrected chi connectivity index (χ4v) is 5.77. The van der Waals surface area contributed by atoms with Crippen molar-refractivity contribution in [1.82, 2.24) is 4.98 Å². The smallest absolute Gasteiger partial charge is 0.252 e. The zero-order chi connectivity index (χ0) is 25.4. The molecule has 0 radical (unpaired) electrons. The molecule has 0 aliphatic carbocycles. The van der Waals surface area contributed by atoms with Gasteiger partial charge in [-0.1, -0.05) is 23.7 Å². The Morgan fingerprint density at radius 3 is 2.61 bits per heavy atom. The lowest BCUT2D eigenvalue weighted by Gasteiger charge is -2.39. The van der Waals surface area contributed by atoms with Crippen LogP contribution in [0.2, 0.25) is 5.02 Å². The molecule has 36 heavy (non-hydrogen) atoms. The number of halogens is 2. The van der Waals surface area contributed by atoms with Crippen molar-refractivity contribution >= 4 is 40.0 Å². The Balaban J connectivity index is 1.66. The van der Waals surface area contributed by atoms with Crippen LogP contribution in [0.4, 0.5) is 4.39 Å². The molecule has 1 aliphatic rings. The summed E-state index contributed by atoms with van der Waals surface area (Å²) in [5, 5.41) is 13.6. The van der Waals surface area contributed by atoms with E-state index in [0.717, 1.165) is 27.0 Å². The van der Waals surface area contributed by atoms with Gasteiger partial charge in [-0.2, -0.15) is 0 Å². The summed E-state index contributed by atoms with van der Waals surface area (Å²) < 4.78 is 13.8. The molecule has 0 bridgehead atoms. The van der Waals surface area contributed by atoms with Gasteiger partial charge in [0.25, 0.3) is 5.56 Å². The fourth-order valence-electron chi connectivity index (χ4n) is 5.18. The highest BCUT2D eigenvalue weighted by Gasteiger charge is 2.43. The SMILES string of the molecule is CSc1ccc(C(c2cc3cc(Cl)ccc3[nH]c2=O)C2(O)CCN=C(c3ccc(F)cc3C)C2)cc1. The van der Waals surface area contributed by atoms with Crippen LogP contribution in [0.25, 0.3) is 10.9 Å². The van der Waals surface area contributed by atoms with Crippen LogP contribution in [0.5, 0.6) is 0 Å². The monoisotopic (exact) mass is 520 g/mol. The molecule has 0 amide bonds. The first-order valence-corrected chi connectivity index (χ1v) is 13.4. The van der Waals surface area contributed by atoms with Gasteiger partial charge in [0.05, 0.1) is 5.60 Å². The lowest BCUT2D eigenvalue weighted by Crippen LogP contribution is -2.44. The van der Waals surface area contributed by atoms with E-state index in [0.29, 0.717) is 34.8 Å². The Kier molecular flexibility index (Phi) is 6.77. The summed E-state index contributed by atoms with van der Waals surface area (Å²) in [5.41, 5.74) is 2.76. The molecule has 3 aromatic carbocycles. The summed E-state index contributed by atoms with van der Waals surface area (Å²) in [5.74, 6) is -0.914. The van der Waals surface area contributed by atoms with Crippen LogP contribution in [0.3, 0.4) is 0 Å². The lowest BCUT2D eigenvalue weighted by molar-refractivity contribution is 0.0206. The molecule has 5 rings (SSSR count). The van der Waals surface area contributed by atoms with Crippen molar-refractivity contribution in [2.45, 2.75) is 36.2 Å². The van der Waals surface area contributed by atoms with Gasteiger partial charge >= 0.3 is 0 Å². The standard InChI is InChI=1S/C29H26ClFN2O2S/c1-17-13-21(31)6-9-23(17)26-16-29(35,11-12-32-26)27(18-3-7-22(36-2)8-4-18)24-15-19-14-20(30)5-10-25(19)33-28(24)34/h3-10,13-15,27,35H,11-12,16H2,1-2H3,(H,33,34). The molecule has 2 N–H and O–H groups in total. The number of aliphatic imine (C=N–C) groups is 1. The van der Waals surface area contributed by atoms with Crippen LogP contribution < -0.4 is 5.56 Å². The molecule has 0 fully saturated rings. The van der Waals surface area contributed by atoms with Crippen molar-refractivity contribution < 1.29 is 9.50 Å². The van der Waals surface area contributed by atoms with E-state index in [2.05, 4.69) is 4.98 Å². The van der Waals surface area contributed by atoms with Crippen molar-refractivity contribution in [2.24, 2.45) is 4.99 Å². The van der Waals surface area contributed by atoms with Crippen LogP contribution in [0, 0.1) is 12.7 Å². The average molecular weight is 521 g/mol. The van der Waals surface area contributed by atoms with Gasteiger partial charge in [0, 0.05) is 45.6 Å². The van der Waals surface area contributed by atoms with Gasteiger partial charge in [0.2, 0.25) is 0 Å². The van der Waals surface area contributed by atoms with Gasteiger partial charge < -0.3 is 10.1 Å². The van der Waals surface area contributed by atoms with E-state index in [9.17, 15) is 14.3 Å². The maximum atomic E-state index is 13.8. The summed E-state index contributed by atoms with van der Waals surface area (Å²) in [6, 6.07) is 19.7. The Bertz CT molecular complexity index is 1530. The number of aromatic amines is 1. The third-order valence-electron chi connectivity index (χ3n) is 6.95. The van der Waals surface area contributed by atoms with E-state index in [-0.39, 0.29) is 17.8 Å². The molecule has 0 saturated carbocycles. The maximum Gasteiger partial charge on any atom is 0.252 e. The number of fused-ring (bicyclic) bond motifs is 1. The van der Waals surface area contributed by atoms with Gasteiger partial charge in [-0.3, -0.25) is 9.79 Å². The Labute approximate surface area is 218 Å². The zero-order valence-corrected chi connectivity index (χ0v) is 21.6. The van der Waals surface area contributed by atoms with Crippen molar-refractivity contribution in [3.8, 4) is 0 Å². The van der Waals surface area contributed by atoms with Crippen LogP contribution in [-0.4, -0.2) is 34.2 Å². The number of H-pyrrole nitrogens is 1. The summed E-state index contributed by atoms with van der Waals surface area (Å²) in [6.07, 6.45) is 2.63. The highest BCUT2D eigenvalue weighted by Crippen LogP contribution is 2.42. The molecule has 2 unspecified atom stereocenters. The van der Waals surface area contributed by atoms with Gasteiger partial charge in [-0.05, 0) is 96.3 Å². The first kappa shape index (κ1) is 24.8. The number of rotatable bonds is 5. The molecule has 2 atom stereocenters. The highest BCUT2D eigenvalue weighted by molar-refractivity contribution is 7.98. The topological polar surface area (TPSA) is 65.5 Å². The molecule has 0 spiro atoms. The second-order valence-corrected chi connectivity index (χ2v) is 10.6. The third-order valence-corrected chi connectivity index (χ3v) is 7.93. The molecule has 2 heterocycles. The van der Waals surface area contributed by atoms with E-state index in [1.165, 1.54) is 12.1 Å². The highest BCUT2D eigenvalue weighted by atomic mass is 35.5. The van der Waals surface area contributed by atoms with Crippen molar-refractivity contribution in [2.75, 3.05) is 12.8 Å². The van der Waals surface area contributed by atoms with E-state index in [1.807, 2.05) is 49.6 Å². The van der Waals surface area contributed by atoms with Crippen molar-refractivity contribution in [3.05, 3.63) is 110 Å². The predicted octanol–water partition coefficient (Wildman–Crippen LogP) is 6.50. The average Bonchev–Trinajstić information content (AvgIpc) is 2.85. The second kappa shape index (κ2) is 9.85. The molecular formula is C29H26ClFN2O2S. The first-order valence-electron chi connectivity index (χ1n) is 11.8. The number of nitrogens with zero attached hydrogens (tertiary/aromatic N) is 1.